The second-order valence-electron chi connectivity index (χ2n) is 5.68. The molecule has 0 aromatic carbocycles. The third-order valence-corrected chi connectivity index (χ3v) is 4.20. The Balaban J connectivity index is 1.96. The summed E-state index contributed by atoms with van der Waals surface area (Å²) in [6.07, 6.45) is 14.8. The van der Waals surface area contributed by atoms with Gasteiger partial charge in [-0.25, -0.2) is 0 Å². The van der Waals surface area contributed by atoms with Gasteiger partial charge >= 0.3 is 0 Å². The fourth-order valence-corrected chi connectivity index (χ4v) is 2.88. The molecule has 0 saturated heterocycles. The summed E-state index contributed by atoms with van der Waals surface area (Å²) in [4.78, 5) is 0. The Morgan fingerprint density at radius 2 is 1.84 bits per heavy atom. The minimum Gasteiger partial charge on any atom is -0.358 e. The maximum absolute atomic E-state index is 4.28. The van der Waals surface area contributed by atoms with Gasteiger partial charge in [0, 0.05) is 17.0 Å². The summed E-state index contributed by atoms with van der Waals surface area (Å²) in [5, 5.41) is 3.64. The summed E-state index contributed by atoms with van der Waals surface area (Å²) < 4.78 is 0. The maximum atomic E-state index is 4.28. The van der Waals surface area contributed by atoms with Crippen molar-refractivity contribution in [1.82, 2.24) is 5.32 Å². The molecular weight excluding hydrogens is 230 g/mol. The van der Waals surface area contributed by atoms with Crippen molar-refractivity contribution in [3.8, 4) is 0 Å². The number of unbranched alkanes of at least 4 members (excludes halogenated alkanes) is 4. The van der Waals surface area contributed by atoms with Crippen LogP contribution in [0.5, 0.6) is 0 Å². The van der Waals surface area contributed by atoms with E-state index in [-0.39, 0.29) is 0 Å². The van der Waals surface area contributed by atoms with Gasteiger partial charge in [0.15, 0.2) is 0 Å². The van der Waals surface area contributed by atoms with Crippen LogP contribution in [-0.2, 0) is 0 Å². The highest BCUT2D eigenvalue weighted by Gasteiger charge is 2.21. The Kier molecular flexibility index (Phi) is 5.07. The maximum Gasteiger partial charge on any atom is 0.0417 e. The third-order valence-electron chi connectivity index (χ3n) is 4.20. The highest BCUT2D eigenvalue weighted by Crippen LogP contribution is 2.34. The lowest BCUT2D eigenvalue weighted by Crippen LogP contribution is -2.23. The van der Waals surface area contributed by atoms with Gasteiger partial charge in [-0.1, -0.05) is 51.3 Å². The molecule has 1 N–H and O–H groups in total. The van der Waals surface area contributed by atoms with Crippen molar-refractivity contribution in [1.29, 1.82) is 0 Å². The lowest BCUT2D eigenvalue weighted by Gasteiger charge is -2.29. The predicted molar refractivity (Wildman–Crippen MR) is 83.8 cm³/mol. The van der Waals surface area contributed by atoms with E-state index in [1.807, 2.05) is 0 Å². The van der Waals surface area contributed by atoms with E-state index in [0.717, 1.165) is 12.8 Å². The number of nitrogens with one attached hydrogen (secondary N) is 1. The molecule has 1 heteroatoms. The largest absolute Gasteiger partial charge is 0.358 e. The fraction of sp³-hybridized carbons (Fsp3) is 0.556. The molecule has 0 unspecified atom stereocenters. The second-order valence-corrected chi connectivity index (χ2v) is 5.68. The van der Waals surface area contributed by atoms with E-state index in [4.69, 9.17) is 0 Å². The minimum absolute atomic E-state index is 1.15. The predicted octanol–water partition coefficient (Wildman–Crippen LogP) is 5.38. The summed E-state index contributed by atoms with van der Waals surface area (Å²) >= 11 is 0. The molecule has 0 aromatic heterocycles. The molecule has 0 aromatic rings. The van der Waals surface area contributed by atoms with E-state index in [0.29, 0.717) is 0 Å². The lowest BCUT2D eigenvalue weighted by molar-refractivity contribution is 0.618. The van der Waals surface area contributed by atoms with Gasteiger partial charge in [0.05, 0.1) is 0 Å². The average Bonchev–Trinajstić information content (AvgIpc) is 2.44. The minimum atomic E-state index is 1.15. The van der Waals surface area contributed by atoms with Crippen LogP contribution in [-0.4, -0.2) is 0 Å². The van der Waals surface area contributed by atoms with Gasteiger partial charge in [-0.15, -0.1) is 0 Å². The van der Waals surface area contributed by atoms with Crippen LogP contribution in [0.3, 0.4) is 0 Å². The molecule has 0 radical (unpaired) electrons. The molecule has 1 aliphatic heterocycles. The fourth-order valence-electron chi connectivity index (χ4n) is 2.88. The second kappa shape index (κ2) is 6.79. The van der Waals surface area contributed by atoms with Gasteiger partial charge in [-0.3, -0.25) is 0 Å². The first-order valence-electron chi connectivity index (χ1n) is 7.81. The van der Waals surface area contributed by atoms with E-state index in [2.05, 4.69) is 37.9 Å². The molecule has 104 valence electrons. The van der Waals surface area contributed by atoms with Crippen LogP contribution in [0.4, 0.5) is 0 Å². The van der Waals surface area contributed by atoms with Gasteiger partial charge < -0.3 is 5.32 Å². The van der Waals surface area contributed by atoms with Crippen LogP contribution in [0.1, 0.15) is 65.2 Å². The Morgan fingerprint density at radius 1 is 1.11 bits per heavy atom. The average molecular weight is 257 g/mol. The quantitative estimate of drug-likeness (QED) is 0.629. The van der Waals surface area contributed by atoms with Gasteiger partial charge in [0.25, 0.3) is 0 Å². The molecule has 19 heavy (non-hydrogen) atoms. The Morgan fingerprint density at radius 3 is 2.63 bits per heavy atom. The van der Waals surface area contributed by atoms with Crippen LogP contribution >= 0.6 is 0 Å². The number of hydrogen-bond acceptors (Lipinski definition) is 1. The summed E-state index contributed by atoms with van der Waals surface area (Å²) in [5.74, 6) is 0. The van der Waals surface area contributed by atoms with E-state index >= 15 is 0 Å². The third kappa shape index (κ3) is 3.40. The standard InChI is InChI=1S/C18H27N/c1-4-5-6-7-8-12-17-15(3)14(2)16-11-9-10-13-18(16)19-17/h11,13,19H,2,4-10,12H2,1,3H3. The topological polar surface area (TPSA) is 12.0 Å². The van der Waals surface area contributed by atoms with Crippen molar-refractivity contribution in [2.45, 2.75) is 65.2 Å². The number of hydrogen-bond donors (Lipinski definition) is 1. The molecule has 1 heterocycles. The first kappa shape index (κ1) is 14.2. The van der Waals surface area contributed by atoms with E-state index in [9.17, 15) is 0 Å². The Hall–Kier alpha value is -1.24. The van der Waals surface area contributed by atoms with Gasteiger partial charge in [0.1, 0.15) is 0 Å². The normalized spacial score (nSPS) is 18.7. The molecule has 0 amide bonds. The molecule has 2 aliphatic rings. The van der Waals surface area contributed by atoms with E-state index < -0.39 is 0 Å². The van der Waals surface area contributed by atoms with Gasteiger partial charge in [0.2, 0.25) is 0 Å². The van der Waals surface area contributed by atoms with Crippen LogP contribution in [0.25, 0.3) is 0 Å². The SMILES string of the molecule is C=C1C2=CCCC=C2NC(CCCCCCC)=C1C. The zero-order valence-corrected chi connectivity index (χ0v) is 12.5. The van der Waals surface area contributed by atoms with Crippen LogP contribution in [0, 0.1) is 0 Å². The number of allylic oxidation sites excluding steroid dienone is 5. The van der Waals surface area contributed by atoms with Crippen molar-refractivity contribution < 1.29 is 0 Å². The molecule has 2 rings (SSSR count). The summed E-state index contributed by atoms with van der Waals surface area (Å²) in [6, 6.07) is 0. The molecule has 0 saturated carbocycles. The highest BCUT2D eigenvalue weighted by atomic mass is 14.9. The van der Waals surface area contributed by atoms with Crippen LogP contribution in [0.15, 0.2) is 46.8 Å². The molecule has 0 fully saturated rings. The Labute approximate surface area is 118 Å². The monoisotopic (exact) mass is 257 g/mol. The first-order chi connectivity index (χ1) is 9.24. The van der Waals surface area contributed by atoms with Crippen LogP contribution < -0.4 is 5.32 Å². The van der Waals surface area contributed by atoms with Crippen molar-refractivity contribution in [2.24, 2.45) is 0 Å². The molecular formula is C18H27N. The molecule has 0 bridgehead atoms. The molecule has 0 atom stereocenters. The van der Waals surface area contributed by atoms with Crippen molar-refractivity contribution >= 4 is 0 Å². The zero-order valence-electron chi connectivity index (χ0n) is 12.5. The van der Waals surface area contributed by atoms with Crippen molar-refractivity contribution in [3.05, 3.63) is 46.8 Å². The zero-order chi connectivity index (χ0) is 13.7. The van der Waals surface area contributed by atoms with Gasteiger partial charge in [-0.2, -0.15) is 0 Å². The lowest BCUT2D eigenvalue weighted by atomic mass is 9.87. The first-order valence-corrected chi connectivity index (χ1v) is 7.81. The summed E-state index contributed by atoms with van der Waals surface area (Å²) in [5.41, 5.74) is 6.62. The van der Waals surface area contributed by atoms with Crippen LogP contribution in [0.2, 0.25) is 0 Å². The summed E-state index contributed by atoms with van der Waals surface area (Å²) in [6.45, 7) is 8.76. The molecule has 0 spiro atoms. The van der Waals surface area contributed by atoms with E-state index in [1.165, 1.54) is 66.6 Å². The highest BCUT2D eigenvalue weighted by molar-refractivity contribution is 5.59. The van der Waals surface area contributed by atoms with E-state index in [1.54, 1.807) is 0 Å². The summed E-state index contributed by atoms with van der Waals surface area (Å²) in [7, 11) is 0. The van der Waals surface area contributed by atoms with Crippen molar-refractivity contribution in [2.75, 3.05) is 0 Å². The Bertz CT molecular complexity index is 435. The smallest absolute Gasteiger partial charge is 0.0417 e. The number of fused-ring (bicyclic) bond motifs is 1. The molecule has 1 nitrogen and oxygen atoms in total. The number of rotatable bonds is 6. The van der Waals surface area contributed by atoms with Crippen molar-refractivity contribution in [3.63, 3.8) is 0 Å². The molecule has 1 aliphatic carbocycles. The van der Waals surface area contributed by atoms with Gasteiger partial charge in [-0.05, 0) is 43.8 Å².